The fourth-order valence-electron chi connectivity index (χ4n) is 3.86. The van der Waals surface area contributed by atoms with Gasteiger partial charge in [-0.25, -0.2) is 0 Å². The maximum absolute atomic E-state index is 13.5. The fraction of sp³-hybridized carbons (Fsp3) is 0.0938. The summed E-state index contributed by atoms with van der Waals surface area (Å²) >= 11 is 26.0. The van der Waals surface area contributed by atoms with Crippen LogP contribution in [-0.4, -0.2) is 23.0 Å². The molecule has 220 valence electrons. The van der Waals surface area contributed by atoms with E-state index in [0.29, 0.717) is 49.0 Å². The Labute approximate surface area is 273 Å². The molecule has 0 aromatic heterocycles. The molecule has 0 aliphatic carbocycles. The van der Waals surface area contributed by atoms with Crippen molar-refractivity contribution in [1.82, 2.24) is 5.32 Å². The fourth-order valence-corrected chi connectivity index (χ4v) is 5.67. The highest BCUT2D eigenvalue weighted by Gasteiger charge is 2.20. The molecule has 3 amide bonds. The maximum atomic E-state index is 13.5. The minimum absolute atomic E-state index is 0.0275. The van der Waals surface area contributed by atoms with Crippen LogP contribution in [0.25, 0.3) is 6.08 Å². The smallest absolute Gasteiger partial charge is 0.272 e. The van der Waals surface area contributed by atoms with Gasteiger partial charge in [0.2, 0.25) is 5.91 Å². The van der Waals surface area contributed by atoms with Crippen LogP contribution in [0.4, 0.5) is 11.4 Å². The Bertz CT molecular complexity index is 1680. The highest BCUT2D eigenvalue weighted by Crippen LogP contribution is 2.31. The molecule has 0 aliphatic heterocycles. The molecule has 0 radical (unpaired) electrons. The van der Waals surface area contributed by atoms with E-state index in [-0.39, 0.29) is 11.6 Å². The lowest BCUT2D eigenvalue weighted by Gasteiger charge is -2.16. The van der Waals surface area contributed by atoms with Crippen LogP contribution < -0.4 is 16.0 Å². The molecular weight excluding hydrogens is 648 g/mol. The van der Waals surface area contributed by atoms with Crippen molar-refractivity contribution >= 4 is 93.3 Å². The molecular formula is C32H25Cl4N3O3S. The molecule has 4 aromatic rings. The van der Waals surface area contributed by atoms with Crippen molar-refractivity contribution in [3.63, 3.8) is 0 Å². The van der Waals surface area contributed by atoms with Gasteiger partial charge >= 0.3 is 0 Å². The van der Waals surface area contributed by atoms with Gasteiger partial charge in [-0.1, -0.05) is 83.7 Å². The molecule has 0 aliphatic rings. The van der Waals surface area contributed by atoms with Gasteiger partial charge in [-0.15, -0.1) is 11.8 Å². The van der Waals surface area contributed by atoms with Gasteiger partial charge in [0.1, 0.15) is 5.70 Å². The van der Waals surface area contributed by atoms with E-state index >= 15 is 0 Å². The SMILES string of the molecule is CCC(Sc1cccc(NC(=O)/C(=C\c2ccc(Cl)cc2Cl)NC(=O)c2ccccc2)c1)C(=O)Nc1cc(Cl)ccc1Cl. The Morgan fingerprint density at radius 1 is 0.791 bits per heavy atom. The minimum atomic E-state index is -0.571. The normalized spacial score (nSPS) is 11.9. The molecule has 0 heterocycles. The Morgan fingerprint density at radius 2 is 1.51 bits per heavy atom. The summed E-state index contributed by atoms with van der Waals surface area (Å²) in [6, 6.07) is 25.3. The predicted molar refractivity (Wildman–Crippen MR) is 178 cm³/mol. The van der Waals surface area contributed by atoms with Gasteiger partial charge in [0.05, 0.1) is 16.0 Å². The van der Waals surface area contributed by atoms with Gasteiger partial charge in [0, 0.05) is 31.2 Å². The highest BCUT2D eigenvalue weighted by molar-refractivity contribution is 8.00. The van der Waals surface area contributed by atoms with Crippen LogP contribution in [0.2, 0.25) is 20.1 Å². The maximum Gasteiger partial charge on any atom is 0.272 e. The number of anilines is 2. The molecule has 4 aromatic carbocycles. The first-order valence-corrected chi connectivity index (χ1v) is 15.4. The van der Waals surface area contributed by atoms with E-state index in [0.717, 1.165) is 4.90 Å². The van der Waals surface area contributed by atoms with Crippen molar-refractivity contribution < 1.29 is 14.4 Å². The highest BCUT2D eigenvalue weighted by atomic mass is 35.5. The largest absolute Gasteiger partial charge is 0.324 e. The lowest BCUT2D eigenvalue weighted by molar-refractivity contribution is -0.116. The first kappa shape index (κ1) is 32.5. The molecule has 43 heavy (non-hydrogen) atoms. The summed E-state index contributed by atoms with van der Waals surface area (Å²) in [6.45, 7) is 1.90. The van der Waals surface area contributed by atoms with E-state index in [2.05, 4.69) is 16.0 Å². The molecule has 0 saturated heterocycles. The summed E-state index contributed by atoms with van der Waals surface area (Å²) in [7, 11) is 0. The van der Waals surface area contributed by atoms with Crippen molar-refractivity contribution in [3.05, 3.63) is 128 Å². The Kier molecular flexibility index (Phi) is 11.6. The quantitative estimate of drug-likeness (QED) is 0.116. The van der Waals surface area contributed by atoms with Gasteiger partial charge in [0.25, 0.3) is 11.8 Å². The van der Waals surface area contributed by atoms with E-state index < -0.39 is 17.1 Å². The number of hydrogen-bond acceptors (Lipinski definition) is 4. The number of nitrogens with one attached hydrogen (secondary N) is 3. The number of carbonyl (C=O) groups excluding carboxylic acids is 3. The summed E-state index contributed by atoms with van der Waals surface area (Å²) < 4.78 is 0. The second kappa shape index (κ2) is 15.3. The Balaban J connectivity index is 1.53. The topological polar surface area (TPSA) is 87.3 Å². The number of carbonyl (C=O) groups is 3. The third kappa shape index (κ3) is 9.26. The van der Waals surface area contributed by atoms with Gasteiger partial charge in [-0.3, -0.25) is 14.4 Å². The second-order valence-electron chi connectivity index (χ2n) is 9.15. The first-order valence-electron chi connectivity index (χ1n) is 13.0. The van der Waals surface area contributed by atoms with Crippen LogP contribution in [-0.2, 0) is 9.59 Å². The molecule has 0 spiro atoms. The summed E-state index contributed by atoms with van der Waals surface area (Å²) in [4.78, 5) is 40.2. The Morgan fingerprint density at radius 3 is 2.23 bits per heavy atom. The van der Waals surface area contributed by atoms with Gasteiger partial charge in [0.15, 0.2) is 0 Å². The number of halogens is 4. The molecule has 1 atom stereocenters. The lowest BCUT2D eigenvalue weighted by Crippen LogP contribution is -2.30. The van der Waals surface area contributed by atoms with Crippen molar-refractivity contribution in [2.24, 2.45) is 0 Å². The number of amides is 3. The third-order valence-corrected chi connectivity index (χ3v) is 8.50. The molecule has 1 unspecified atom stereocenters. The first-order chi connectivity index (χ1) is 20.6. The van der Waals surface area contributed by atoms with Gasteiger partial charge in [-0.05, 0) is 78.7 Å². The van der Waals surface area contributed by atoms with Gasteiger partial charge < -0.3 is 16.0 Å². The van der Waals surface area contributed by atoms with Crippen LogP contribution in [0.3, 0.4) is 0 Å². The van der Waals surface area contributed by atoms with Crippen LogP contribution >= 0.6 is 58.2 Å². The molecule has 4 rings (SSSR count). The Hall–Kier alpha value is -3.46. The number of benzene rings is 4. The lowest BCUT2D eigenvalue weighted by atomic mass is 10.1. The van der Waals surface area contributed by atoms with Crippen LogP contribution in [0.15, 0.2) is 102 Å². The van der Waals surface area contributed by atoms with Crippen molar-refractivity contribution in [2.75, 3.05) is 10.6 Å². The van der Waals surface area contributed by atoms with E-state index in [9.17, 15) is 14.4 Å². The van der Waals surface area contributed by atoms with Crippen LogP contribution in [0, 0.1) is 0 Å². The molecule has 0 fully saturated rings. The average Bonchev–Trinajstić information content (AvgIpc) is 2.99. The number of rotatable bonds is 10. The zero-order chi connectivity index (χ0) is 30.9. The van der Waals surface area contributed by atoms with E-state index in [1.165, 1.54) is 17.8 Å². The molecule has 0 saturated carbocycles. The second-order valence-corrected chi connectivity index (χ2v) is 12.1. The molecule has 3 N–H and O–H groups in total. The average molecular weight is 673 g/mol. The molecule has 11 heteroatoms. The summed E-state index contributed by atoms with van der Waals surface area (Å²) in [6.07, 6.45) is 2.01. The van der Waals surface area contributed by atoms with Crippen molar-refractivity contribution in [2.45, 2.75) is 23.5 Å². The van der Waals surface area contributed by atoms with E-state index in [1.54, 1.807) is 84.9 Å². The summed E-state index contributed by atoms with van der Waals surface area (Å²) in [5.74, 6) is -1.27. The standard InChI is InChI=1S/C32H25Cl4N3O3S/c1-2-29(32(42)38-27-17-22(34)13-14-25(27)35)43-24-10-6-9-23(18-24)37-31(41)28(15-20-11-12-21(33)16-26(20)36)39-30(40)19-7-4-3-5-8-19/h3-18,29H,2H2,1H3,(H,37,41)(H,38,42)(H,39,40)/b28-15+. The van der Waals surface area contributed by atoms with E-state index in [1.807, 2.05) is 13.0 Å². The van der Waals surface area contributed by atoms with Gasteiger partial charge in [-0.2, -0.15) is 0 Å². The number of thioether (sulfide) groups is 1. The summed E-state index contributed by atoms with van der Waals surface area (Å²) in [5, 5.41) is 9.48. The zero-order valence-corrected chi connectivity index (χ0v) is 26.5. The molecule has 0 bridgehead atoms. The monoisotopic (exact) mass is 671 g/mol. The van der Waals surface area contributed by atoms with Crippen LogP contribution in [0.1, 0.15) is 29.3 Å². The third-order valence-electron chi connectivity index (χ3n) is 6.01. The predicted octanol–water partition coefficient (Wildman–Crippen LogP) is 9.22. The van der Waals surface area contributed by atoms with E-state index in [4.69, 9.17) is 46.4 Å². The van der Waals surface area contributed by atoms with Crippen molar-refractivity contribution in [1.29, 1.82) is 0 Å². The minimum Gasteiger partial charge on any atom is -0.324 e. The summed E-state index contributed by atoms with van der Waals surface area (Å²) in [5.41, 5.74) is 1.73. The van der Waals surface area contributed by atoms with Crippen LogP contribution in [0.5, 0.6) is 0 Å². The molecule has 6 nitrogen and oxygen atoms in total. The van der Waals surface area contributed by atoms with Crippen molar-refractivity contribution in [3.8, 4) is 0 Å². The number of hydrogen-bond donors (Lipinski definition) is 3. The zero-order valence-electron chi connectivity index (χ0n) is 22.7.